The fourth-order valence-electron chi connectivity index (χ4n) is 4.95. The fraction of sp³-hybridized carbons (Fsp3) is 0.520. The van der Waals surface area contributed by atoms with Gasteiger partial charge in [0, 0.05) is 32.4 Å². The molecule has 1 aromatic carbocycles. The predicted molar refractivity (Wildman–Crippen MR) is 120 cm³/mol. The largest absolute Gasteiger partial charge is 0.340 e. The van der Waals surface area contributed by atoms with Crippen LogP contribution in [-0.2, 0) is 17.9 Å². The molecule has 2 aromatic rings. The number of benzene rings is 1. The quantitative estimate of drug-likeness (QED) is 0.737. The van der Waals surface area contributed by atoms with Crippen molar-refractivity contribution < 1.29 is 4.79 Å². The summed E-state index contributed by atoms with van der Waals surface area (Å²) in [5, 5.41) is 0. The maximum absolute atomic E-state index is 13.0. The number of hydrogen-bond acceptors (Lipinski definition) is 4. The third-order valence-corrected chi connectivity index (χ3v) is 6.63. The summed E-state index contributed by atoms with van der Waals surface area (Å²) in [6, 6.07) is 17.3. The molecule has 1 atom stereocenters. The Bertz CT molecular complexity index is 789. The van der Waals surface area contributed by atoms with Crippen LogP contribution >= 0.6 is 0 Å². The Labute approximate surface area is 180 Å². The van der Waals surface area contributed by atoms with Crippen molar-refractivity contribution in [2.75, 3.05) is 33.2 Å². The van der Waals surface area contributed by atoms with Crippen LogP contribution < -0.4 is 0 Å². The third-order valence-electron chi connectivity index (χ3n) is 6.63. The number of carbonyl (C=O) groups excluding carboxylic acids is 1. The molecule has 0 aliphatic carbocycles. The molecule has 1 amide bonds. The van der Waals surface area contributed by atoms with Gasteiger partial charge in [-0.1, -0.05) is 36.4 Å². The second-order valence-corrected chi connectivity index (χ2v) is 8.84. The highest BCUT2D eigenvalue weighted by Gasteiger charge is 2.32. The van der Waals surface area contributed by atoms with E-state index in [1.807, 2.05) is 30.1 Å². The molecule has 0 saturated carbocycles. The molecule has 0 spiro atoms. The molecule has 30 heavy (non-hydrogen) atoms. The molecule has 0 radical (unpaired) electrons. The Morgan fingerprint density at radius 1 is 1.03 bits per heavy atom. The zero-order valence-electron chi connectivity index (χ0n) is 18.1. The van der Waals surface area contributed by atoms with Gasteiger partial charge in [0.15, 0.2) is 0 Å². The third kappa shape index (κ3) is 5.46. The van der Waals surface area contributed by atoms with E-state index in [-0.39, 0.29) is 11.8 Å². The van der Waals surface area contributed by atoms with Crippen LogP contribution in [0.15, 0.2) is 54.7 Å². The lowest BCUT2D eigenvalue weighted by Gasteiger charge is -2.42. The summed E-state index contributed by atoms with van der Waals surface area (Å²) in [5.41, 5.74) is 2.35. The van der Waals surface area contributed by atoms with Gasteiger partial charge >= 0.3 is 0 Å². The average Bonchev–Trinajstić information content (AvgIpc) is 2.80. The van der Waals surface area contributed by atoms with Crippen molar-refractivity contribution in [1.29, 1.82) is 0 Å². The number of pyridine rings is 1. The van der Waals surface area contributed by atoms with E-state index in [0.717, 1.165) is 51.3 Å². The van der Waals surface area contributed by atoms with Crippen molar-refractivity contribution in [2.45, 2.75) is 44.8 Å². The van der Waals surface area contributed by atoms with E-state index in [0.29, 0.717) is 12.6 Å². The zero-order chi connectivity index (χ0) is 20.8. The van der Waals surface area contributed by atoms with Crippen LogP contribution in [0.2, 0.25) is 0 Å². The lowest BCUT2D eigenvalue weighted by molar-refractivity contribution is -0.137. The molecule has 0 N–H and O–H groups in total. The van der Waals surface area contributed by atoms with Gasteiger partial charge in [-0.15, -0.1) is 0 Å². The van der Waals surface area contributed by atoms with Crippen molar-refractivity contribution in [3.63, 3.8) is 0 Å². The van der Waals surface area contributed by atoms with Gasteiger partial charge in [-0.3, -0.25) is 19.6 Å². The Hall–Kier alpha value is -2.24. The Kier molecular flexibility index (Phi) is 7.13. The molecule has 2 aliphatic heterocycles. The number of likely N-dealkylation sites (tertiary alicyclic amines) is 2. The van der Waals surface area contributed by atoms with Crippen molar-refractivity contribution >= 4 is 5.91 Å². The second kappa shape index (κ2) is 10.2. The van der Waals surface area contributed by atoms with Crippen LogP contribution in [0.5, 0.6) is 0 Å². The normalized spacial score (nSPS) is 21.4. The van der Waals surface area contributed by atoms with Gasteiger partial charge in [0.2, 0.25) is 5.91 Å². The molecule has 1 aromatic heterocycles. The summed E-state index contributed by atoms with van der Waals surface area (Å²) in [4.78, 5) is 24.4. The minimum atomic E-state index is 0.120. The fourth-order valence-corrected chi connectivity index (χ4v) is 4.95. The van der Waals surface area contributed by atoms with Gasteiger partial charge in [0.25, 0.3) is 0 Å². The number of piperidine rings is 2. The first-order valence-corrected chi connectivity index (χ1v) is 11.3. The first kappa shape index (κ1) is 21.0. The lowest BCUT2D eigenvalue weighted by atomic mass is 9.92. The van der Waals surface area contributed by atoms with E-state index in [9.17, 15) is 4.79 Å². The first-order valence-electron chi connectivity index (χ1n) is 11.3. The number of aromatic nitrogens is 1. The Morgan fingerprint density at radius 2 is 1.80 bits per heavy atom. The first-order chi connectivity index (χ1) is 14.7. The molecule has 5 nitrogen and oxygen atoms in total. The summed E-state index contributed by atoms with van der Waals surface area (Å²) >= 11 is 0. The minimum absolute atomic E-state index is 0.120. The van der Waals surface area contributed by atoms with Gasteiger partial charge in [-0.25, -0.2) is 0 Å². The topological polar surface area (TPSA) is 39.7 Å². The predicted octanol–water partition coefficient (Wildman–Crippen LogP) is 3.42. The molecule has 2 saturated heterocycles. The lowest BCUT2D eigenvalue weighted by Crippen LogP contribution is -2.50. The zero-order valence-corrected chi connectivity index (χ0v) is 18.1. The second-order valence-electron chi connectivity index (χ2n) is 8.84. The van der Waals surface area contributed by atoms with Gasteiger partial charge in [0.1, 0.15) is 0 Å². The standard InChI is InChI=1S/C25H34N4O/c1-27(20-23-11-5-6-14-26-23)25(30)22-10-7-15-29(19-22)24-12-16-28(17-13-24)18-21-8-3-2-4-9-21/h2-6,8-9,11,14,22,24H,7,10,12-13,15-20H2,1H3. The van der Waals surface area contributed by atoms with Gasteiger partial charge in [-0.05, 0) is 63.0 Å². The van der Waals surface area contributed by atoms with Crippen LogP contribution in [0.4, 0.5) is 0 Å². The van der Waals surface area contributed by atoms with E-state index in [1.54, 1.807) is 6.20 Å². The van der Waals surface area contributed by atoms with E-state index in [1.165, 1.54) is 18.4 Å². The summed E-state index contributed by atoms with van der Waals surface area (Å²) in [5.74, 6) is 0.390. The van der Waals surface area contributed by atoms with Crippen LogP contribution in [0.25, 0.3) is 0 Å². The van der Waals surface area contributed by atoms with Crippen LogP contribution in [0, 0.1) is 5.92 Å². The van der Waals surface area contributed by atoms with E-state index in [4.69, 9.17) is 0 Å². The van der Waals surface area contributed by atoms with Crippen molar-refractivity contribution in [3.8, 4) is 0 Å². The van der Waals surface area contributed by atoms with Crippen molar-refractivity contribution in [3.05, 3.63) is 66.0 Å². The molecule has 2 aliphatic rings. The average molecular weight is 407 g/mol. The highest BCUT2D eigenvalue weighted by Crippen LogP contribution is 2.25. The molecule has 0 bridgehead atoms. The number of carbonyl (C=O) groups is 1. The Balaban J connectivity index is 1.26. The van der Waals surface area contributed by atoms with E-state index >= 15 is 0 Å². The van der Waals surface area contributed by atoms with Gasteiger partial charge < -0.3 is 4.90 Å². The molecule has 160 valence electrons. The maximum atomic E-state index is 13.0. The maximum Gasteiger partial charge on any atom is 0.227 e. The molecule has 3 heterocycles. The Morgan fingerprint density at radius 3 is 2.53 bits per heavy atom. The van der Waals surface area contributed by atoms with E-state index < -0.39 is 0 Å². The molecule has 5 heteroatoms. The summed E-state index contributed by atoms with van der Waals surface area (Å²) in [6.45, 7) is 5.98. The molecule has 2 fully saturated rings. The molecule has 4 rings (SSSR count). The highest BCUT2D eigenvalue weighted by molar-refractivity contribution is 5.78. The number of nitrogens with zero attached hydrogens (tertiary/aromatic N) is 4. The summed E-state index contributed by atoms with van der Waals surface area (Å²) in [7, 11) is 1.91. The van der Waals surface area contributed by atoms with Crippen molar-refractivity contribution in [1.82, 2.24) is 19.7 Å². The number of amides is 1. The minimum Gasteiger partial charge on any atom is -0.340 e. The van der Waals surface area contributed by atoms with Crippen LogP contribution in [0.1, 0.15) is 36.9 Å². The van der Waals surface area contributed by atoms with Gasteiger partial charge in [0.05, 0.1) is 18.2 Å². The molecule has 1 unspecified atom stereocenters. The summed E-state index contributed by atoms with van der Waals surface area (Å²) in [6.07, 6.45) is 6.34. The summed E-state index contributed by atoms with van der Waals surface area (Å²) < 4.78 is 0. The van der Waals surface area contributed by atoms with E-state index in [2.05, 4.69) is 45.1 Å². The number of rotatable bonds is 6. The number of hydrogen-bond donors (Lipinski definition) is 0. The monoisotopic (exact) mass is 406 g/mol. The molecular formula is C25H34N4O. The van der Waals surface area contributed by atoms with Crippen LogP contribution in [-0.4, -0.2) is 64.9 Å². The van der Waals surface area contributed by atoms with Crippen molar-refractivity contribution in [2.24, 2.45) is 5.92 Å². The smallest absolute Gasteiger partial charge is 0.227 e. The SMILES string of the molecule is CN(Cc1ccccn1)C(=O)C1CCCN(C2CCN(Cc3ccccc3)CC2)C1. The van der Waals surface area contributed by atoms with Crippen LogP contribution in [0.3, 0.4) is 0 Å². The molecular weight excluding hydrogens is 372 g/mol. The highest BCUT2D eigenvalue weighted by atomic mass is 16.2. The van der Waals surface area contributed by atoms with Gasteiger partial charge in [-0.2, -0.15) is 0 Å².